The smallest absolute Gasteiger partial charge is 0.435 e. The zero-order chi connectivity index (χ0) is 22.8. The number of nitrogens with one attached hydrogen (secondary N) is 1. The zero-order valence-electron chi connectivity index (χ0n) is 16.5. The lowest BCUT2D eigenvalue weighted by Gasteiger charge is -2.11. The maximum absolute atomic E-state index is 12.9. The summed E-state index contributed by atoms with van der Waals surface area (Å²) >= 11 is 0. The van der Waals surface area contributed by atoms with E-state index in [4.69, 9.17) is 0 Å². The molecule has 0 radical (unpaired) electrons. The predicted molar refractivity (Wildman–Crippen MR) is 98.7 cm³/mol. The number of halogens is 5. The molecule has 0 aliphatic carbocycles. The minimum atomic E-state index is -4.70. The van der Waals surface area contributed by atoms with Gasteiger partial charge in [-0.3, -0.25) is 4.79 Å². The van der Waals surface area contributed by atoms with Crippen LogP contribution in [0.25, 0.3) is 5.78 Å². The van der Waals surface area contributed by atoms with Gasteiger partial charge in [0.1, 0.15) is 5.75 Å². The highest BCUT2D eigenvalue weighted by Crippen LogP contribution is 2.27. The maximum atomic E-state index is 12.9. The molecule has 3 rings (SSSR count). The molecule has 0 atom stereocenters. The highest BCUT2D eigenvalue weighted by Gasteiger charge is 2.37. The standard InChI is InChI=1S/C19H18F5N5O2/c1-10-14(11(2)29-18(26-10)27-16(28-29)19(22,23)24)9-15(30)25-8-7-12-3-5-13(6-4-12)31-17(20)21/h3-6,17H,7-9H2,1-2H3,(H,25,30). The average molecular weight is 443 g/mol. The molecule has 0 bridgehead atoms. The number of benzene rings is 1. The van der Waals surface area contributed by atoms with E-state index in [1.807, 2.05) is 0 Å². The molecular weight excluding hydrogens is 425 g/mol. The molecule has 0 fully saturated rings. The third-order valence-electron chi connectivity index (χ3n) is 4.52. The van der Waals surface area contributed by atoms with Crippen molar-refractivity contribution in [2.45, 2.75) is 39.5 Å². The van der Waals surface area contributed by atoms with E-state index in [-0.39, 0.29) is 30.4 Å². The van der Waals surface area contributed by atoms with Crippen molar-refractivity contribution in [3.05, 3.63) is 52.6 Å². The number of aryl methyl sites for hydroxylation is 2. The van der Waals surface area contributed by atoms with E-state index in [1.165, 1.54) is 12.1 Å². The Morgan fingerprint density at radius 2 is 1.84 bits per heavy atom. The van der Waals surface area contributed by atoms with E-state index in [0.29, 0.717) is 23.4 Å². The Bertz CT molecular complexity index is 1080. The molecule has 0 saturated heterocycles. The summed E-state index contributed by atoms with van der Waals surface area (Å²) in [6, 6.07) is 6.03. The number of carbonyl (C=O) groups is 1. The van der Waals surface area contributed by atoms with E-state index >= 15 is 0 Å². The number of rotatable bonds is 7. The SMILES string of the molecule is Cc1nc2nc(C(F)(F)F)nn2c(C)c1CC(=O)NCCc1ccc(OC(F)F)cc1. The van der Waals surface area contributed by atoms with Crippen LogP contribution in [0.2, 0.25) is 0 Å². The lowest BCUT2D eigenvalue weighted by atomic mass is 10.1. The van der Waals surface area contributed by atoms with E-state index in [9.17, 15) is 26.7 Å². The molecule has 166 valence electrons. The van der Waals surface area contributed by atoms with Crippen LogP contribution in [0.15, 0.2) is 24.3 Å². The van der Waals surface area contributed by atoms with Gasteiger partial charge in [0.15, 0.2) is 0 Å². The van der Waals surface area contributed by atoms with Crippen molar-refractivity contribution in [1.82, 2.24) is 24.9 Å². The van der Waals surface area contributed by atoms with E-state index in [2.05, 4.69) is 25.1 Å². The second-order valence-corrected chi connectivity index (χ2v) is 6.71. The molecule has 1 N–H and O–H groups in total. The summed E-state index contributed by atoms with van der Waals surface area (Å²) in [5, 5.41) is 6.16. The number of amides is 1. The Labute approximate surface area is 173 Å². The molecule has 1 amide bonds. The lowest BCUT2D eigenvalue weighted by Crippen LogP contribution is -2.28. The second kappa shape index (κ2) is 8.82. The van der Waals surface area contributed by atoms with Crippen LogP contribution in [-0.2, 0) is 23.8 Å². The molecule has 0 aliphatic heterocycles. The lowest BCUT2D eigenvalue weighted by molar-refractivity contribution is -0.144. The van der Waals surface area contributed by atoms with Crippen LogP contribution in [0.5, 0.6) is 5.75 Å². The normalized spacial score (nSPS) is 11.9. The van der Waals surface area contributed by atoms with Crippen LogP contribution in [0.1, 0.15) is 28.3 Å². The highest BCUT2D eigenvalue weighted by molar-refractivity contribution is 5.79. The van der Waals surface area contributed by atoms with Gasteiger partial charge in [-0.2, -0.15) is 26.9 Å². The number of ether oxygens (including phenoxy) is 1. The summed E-state index contributed by atoms with van der Waals surface area (Å²) < 4.78 is 68.1. The minimum absolute atomic E-state index is 0.0402. The third-order valence-corrected chi connectivity index (χ3v) is 4.52. The van der Waals surface area contributed by atoms with Gasteiger partial charge >= 0.3 is 12.8 Å². The van der Waals surface area contributed by atoms with Gasteiger partial charge in [0.2, 0.25) is 5.91 Å². The Morgan fingerprint density at radius 1 is 1.16 bits per heavy atom. The minimum Gasteiger partial charge on any atom is -0.435 e. The van der Waals surface area contributed by atoms with Crippen LogP contribution in [0, 0.1) is 13.8 Å². The van der Waals surface area contributed by atoms with Gasteiger partial charge in [-0.05, 0) is 38.0 Å². The summed E-state index contributed by atoms with van der Waals surface area (Å²) in [6.45, 7) is 0.509. The summed E-state index contributed by atoms with van der Waals surface area (Å²) in [6.07, 6.45) is -4.34. The molecule has 12 heteroatoms. The molecule has 31 heavy (non-hydrogen) atoms. The van der Waals surface area contributed by atoms with Crippen LogP contribution in [-0.4, -0.2) is 38.6 Å². The number of fused-ring (bicyclic) bond motifs is 1. The monoisotopic (exact) mass is 443 g/mol. The summed E-state index contributed by atoms with van der Waals surface area (Å²) in [7, 11) is 0. The van der Waals surface area contributed by atoms with Crippen molar-refractivity contribution >= 4 is 11.7 Å². The predicted octanol–water partition coefficient (Wildman–Crippen LogP) is 3.26. The molecule has 3 aromatic rings. The maximum Gasteiger partial charge on any atom is 0.453 e. The fourth-order valence-corrected chi connectivity index (χ4v) is 2.99. The molecule has 2 aromatic heterocycles. The van der Waals surface area contributed by atoms with Crippen molar-refractivity contribution in [2.24, 2.45) is 0 Å². The Morgan fingerprint density at radius 3 is 2.45 bits per heavy atom. The Balaban J connectivity index is 1.62. The van der Waals surface area contributed by atoms with Gasteiger partial charge in [-0.25, -0.2) is 9.50 Å². The summed E-state index contributed by atoms with van der Waals surface area (Å²) in [5.41, 5.74) is 1.99. The molecule has 0 saturated carbocycles. The Kier molecular flexibility index (Phi) is 6.37. The van der Waals surface area contributed by atoms with Gasteiger partial charge in [-0.15, -0.1) is 5.10 Å². The van der Waals surface area contributed by atoms with E-state index in [1.54, 1.807) is 26.0 Å². The molecule has 1 aromatic carbocycles. The van der Waals surface area contributed by atoms with Gasteiger partial charge in [-0.1, -0.05) is 12.1 Å². The third kappa shape index (κ3) is 5.44. The second-order valence-electron chi connectivity index (χ2n) is 6.71. The highest BCUT2D eigenvalue weighted by atomic mass is 19.4. The number of aromatic nitrogens is 4. The molecule has 0 aliphatic rings. The van der Waals surface area contributed by atoms with Crippen molar-refractivity contribution < 1.29 is 31.5 Å². The molecular formula is C19H18F5N5O2. The molecule has 0 spiro atoms. The first-order valence-electron chi connectivity index (χ1n) is 9.15. The summed E-state index contributed by atoms with van der Waals surface area (Å²) in [4.78, 5) is 19.7. The van der Waals surface area contributed by atoms with Gasteiger partial charge < -0.3 is 10.1 Å². The van der Waals surface area contributed by atoms with Crippen molar-refractivity contribution in [3.63, 3.8) is 0 Å². The van der Waals surface area contributed by atoms with Crippen LogP contribution >= 0.6 is 0 Å². The zero-order valence-corrected chi connectivity index (χ0v) is 16.5. The average Bonchev–Trinajstić information content (AvgIpc) is 3.11. The molecule has 7 nitrogen and oxygen atoms in total. The fourth-order valence-electron chi connectivity index (χ4n) is 2.99. The first-order valence-corrected chi connectivity index (χ1v) is 9.15. The van der Waals surface area contributed by atoms with Gasteiger partial charge in [0.25, 0.3) is 11.6 Å². The first kappa shape index (κ1) is 22.4. The fraction of sp³-hybridized carbons (Fsp3) is 0.368. The Hall–Kier alpha value is -3.31. The molecule has 2 heterocycles. The quantitative estimate of drug-likeness (QED) is 0.567. The number of alkyl halides is 5. The van der Waals surface area contributed by atoms with Crippen LogP contribution in [0.3, 0.4) is 0 Å². The number of nitrogens with zero attached hydrogens (tertiary/aromatic N) is 4. The largest absolute Gasteiger partial charge is 0.453 e. The molecule has 0 unspecified atom stereocenters. The first-order chi connectivity index (χ1) is 14.5. The number of hydrogen-bond acceptors (Lipinski definition) is 5. The number of carbonyl (C=O) groups excluding carboxylic acids is 1. The van der Waals surface area contributed by atoms with Crippen LogP contribution < -0.4 is 10.1 Å². The van der Waals surface area contributed by atoms with Crippen molar-refractivity contribution in [3.8, 4) is 5.75 Å². The number of hydrogen-bond donors (Lipinski definition) is 1. The van der Waals surface area contributed by atoms with Crippen molar-refractivity contribution in [1.29, 1.82) is 0 Å². The van der Waals surface area contributed by atoms with Gasteiger partial charge in [0, 0.05) is 23.5 Å². The van der Waals surface area contributed by atoms with E-state index < -0.39 is 18.6 Å². The topological polar surface area (TPSA) is 81.4 Å². The van der Waals surface area contributed by atoms with Gasteiger partial charge in [0.05, 0.1) is 6.42 Å². The van der Waals surface area contributed by atoms with Crippen molar-refractivity contribution in [2.75, 3.05) is 6.54 Å². The van der Waals surface area contributed by atoms with Crippen LogP contribution in [0.4, 0.5) is 22.0 Å². The van der Waals surface area contributed by atoms with E-state index in [0.717, 1.165) is 10.1 Å². The summed E-state index contributed by atoms with van der Waals surface area (Å²) in [5.74, 6) is -1.79.